The molecule has 0 heterocycles. The Kier molecular flexibility index (Phi) is 3.50. The normalized spacial score (nSPS) is 14.4. The lowest BCUT2D eigenvalue weighted by atomic mass is 9.97. The van der Waals surface area contributed by atoms with Crippen LogP contribution in [0.3, 0.4) is 0 Å². The van der Waals surface area contributed by atoms with Crippen molar-refractivity contribution in [3.8, 4) is 5.75 Å². The summed E-state index contributed by atoms with van der Waals surface area (Å²) in [5.74, 6) is 0.939. The van der Waals surface area contributed by atoms with Crippen molar-refractivity contribution in [1.29, 1.82) is 0 Å². The van der Waals surface area contributed by atoms with Gasteiger partial charge in [-0.15, -0.1) is 0 Å². The van der Waals surface area contributed by atoms with Gasteiger partial charge in [0.1, 0.15) is 11.5 Å². The summed E-state index contributed by atoms with van der Waals surface area (Å²) in [6.07, 6.45) is 1.94. The number of hydrogen-bond acceptors (Lipinski definition) is 3. The molecule has 3 heteroatoms. The van der Waals surface area contributed by atoms with Crippen LogP contribution in [-0.4, -0.2) is 18.7 Å². The first-order valence-electron chi connectivity index (χ1n) is 6.24. The van der Waals surface area contributed by atoms with E-state index in [1.807, 2.05) is 26.0 Å². The van der Waals surface area contributed by atoms with E-state index in [2.05, 4.69) is 0 Å². The maximum absolute atomic E-state index is 12.1. The third kappa shape index (κ3) is 2.61. The van der Waals surface area contributed by atoms with Crippen molar-refractivity contribution in [2.24, 2.45) is 5.92 Å². The van der Waals surface area contributed by atoms with Gasteiger partial charge in [-0.25, -0.2) is 0 Å². The highest BCUT2D eigenvalue weighted by Crippen LogP contribution is 2.31. The van der Waals surface area contributed by atoms with E-state index < -0.39 is 0 Å². The van der Waals surface area contributed by atoms with Crippen molar-refractivity contribution in [3.63, 3.8) is 0 Å². The van der Waals surface area contributed by atoms with Gasteiger partial charge in [0.05, 0.1) is 13.5 Å². The fourth-order valence-corrected chi connectivity index (χ4v) is 2.11. The van der Waals surface area contributed by atoms with Gasteiger partial charge in [0.15, 0.2) is 5.78 Å². The molecule has 0 unspecified atom stereocenters. The van der Waals surface area contributed by atoms with Crippen molar-refractivity contribution >= 4 is 11.6 Å². The fraction of sp³-hybridized carbons (Fsp3) is 0.467. The third-order valence-electron chi connectivity index (χ3n) is 3.41. The van der Waals surface area contributed by atoms with Gasteiger partial charge in [-0.2, -0.15) is 0 Å². The molecule has 0 N–H and O–H groups in total. The molecule has 0 saturated heterocycles. The molecule has 0 radical (unpaired) electrons. The van der Waals surface area contributed by atoms with Crippen molar-refractivity contribution in [3.05, 3.63) is 28.8 Å². The Labute approximate surface area is 107 Å². The number of aryl methyl sites for hydroxylation is 2. The van der Waals surface area contributed by atoms with Crippen molar-refractivity contribution < 1.29 is 14.3 Å². The first-order chi connectivity index (χ1) is 8.52. The Morgan fingerprint density at radius 1 is 1.22 bits per heavy atom. The Morgan fingerprint density at radius 3 is 2.44 bits per heavy atom. The summed E-state index contributed by atoms with van der Waals surface area (Å²) in [4.78, 5) is 23.8. The minimum absolute atomic E-state index is 0.0390. The lowest BCUT2D eigenvalue weighted by Gasteiger charge is -2.10. The van der Waals surface area contributed by atoms with E-state index in [1.54, 1.807) is 7.11 Å². The predicted molar refractivity (Wildman–Crippen MR) is 69.1 cm³/mol. The second-order valence-electron chi connectivity index (χ2n) is 4.98. The number of hydrogen-bond donors (Lipinski definition) is 0. The van der Waals surface area contributed by atoms with Gasteiger partial charge in [0.2, 0.25) is 0 Å². The highest BCUT2D eigenvalue weighted by Gasteiger charge is 2.31. The largest absolute Gasteiger partial charge is 0.496 e. The quantitative estimate of drug-likeness (QED) is 0.592. The first kappa shape index (κ1) is 12.8. The SMILES string of the molecule is COc1cc(C)c(C(=O)CC(=O)C2CC2)cc1C. The summed E-state index contributed by atoms with van der Waals surface area (Å²) in [7, 11) is 1.61. The van der Waals surface area contributed by atoms with Crippen LogP contribution in [0.5, 0.6) is 5.75 Å². The van der Waals surface area contributed by atoms with Gasteiger partial charge in [0.25, 0.3) is 0 Å². The van der Waals surface area contributed by atoms with Crippen LogP contribution in [-0.2, 0) is 4.79 Å². The zero-order valence-electron chi connectivity index (χ0n) is 11.1. The summed E-state index contributed by atoms with van der Waals surface area (Å²) in [6.45, 7) is 3.77. The Bertz CT molecular complexity index is 499. The number of carbonyl (C=O) groups is 2. The average Bonchev–Trinajstić information content (AvgIpc) is 3.15. The zero-order chi connectivity index (χ0) is 13.3. The molecule has 1 aliphatic carbocycles. The smallest absolute Gasteiger partial charge is 0.170 e. The lowest BCUT2D eigenvalue weighted by molar-refractivity contribution is -0.119. The molecule has 3 nitrogen and oxygen atoms in total. The van der Waals surface area contributed by atoms with Crippen LogP contribution in [0, 0.1) is 19.8 Å². The topological polar surface area (TPSA) is 43.4 Å². The van der Waals surface area contributed by atoms with Crippen molar-refractivity contribution in [1.82, 2.24) is 0 Å². The molecule has 96 valence electrons. The Morgan fingerprint density at radius 2 is 1.89 bits per heavy atom. The Balaban J connectivity index is 2.19. The summed E-state index contributed by atoms with van der Waals surface area (Å²) < 4.78 is 5.21. The molecular weight excluding hydrogens is 228 g/mol. The van der Waals surface area contributed by atoms with E-state index in [-0.39, 0.29) is 23.9 Å². The average molecular weight is 246 g/mol. The van der Waals surface area contributed by atoms with Gasteiger partial charge in [0, 0.05) is 11.5 Å². The maximum atomic E-state index is 12.1. The number of rotatable bonds is 5. The zero-order valence-corrected chi connectivity index (χ0v) is 11.1. The molecule has 1 fully saturated rings. The van der Waals surface area contributed by atoms with Gasteiger partial charge in [-0.3, -0.25) is 9.59 Å². The molecular formula is C15H18O3. The van der Waals surface area contributed by atoms with E-state index >= 15 is 0 Å². The van der Waals surface area contributed by atoms with E-state index in [9.17, 15) is 9.59 Å². The summed E-state index contributed by atoms with van der Waals surface area (Å²) >= 11 is 0. The molecule has 0 aromatic heterocycles. The fourth-order valence-electron chi connectivity index (χ4n) is 2.11. The van der Waals surface area contributed by atoms with Crippen LogP contribution < -0.4 is 4.74 Å². The molecule has 1 saturated carbocycles. The molecule has 1 aliphatic rings. The molecule has 18 heavy (non-hydrogen) atoms. The highest BCUT2D eigenvalue weighted by molar-refractivity contribution is 6.09. The van der Waals surface area contributed by atoms with Crippen LogP contribution in [0.2, 0.25) is 0 Å². The van der Waals surface area contributed by atoms with E-state index in [0.717, 1.165) is 29.7 Å². The van der Waals surface area contributed by atoms with Crippen molar-refractivity contribution in [2.75, 3.05) is 7.11 Å². The molecule has 0 atom stereocenters. The number of benzene rings is 1. The summed E-state index contributed by atoms with van der Waals surface area (Å²) in [6, 6.07) is 3.67. The second-order valence-corrected chi connectivity index (χ2v) is 4.98. The molecule has 0 amide bonds. The number of Topliss-reactive ketones (excluding diaryl/α,β-unsaturated/α-hetero) is 2. The molecule has 0 spiro atoms. The van der Waals surface area contributed by atoms with E-state index in [1.165, 1.54) is 0 Å². The lowest BCUT2D eigenvalue weighted by Crippen LogP contribution is -2.11. The third-order valence-corrected chi connectivity index (χ3v) is 3.41. The minimum Gasteiger partial charge on any atom is -0.496 e. The molecule has 0 aliphatic heterocycles. The van der Waals surface area contributed by atoms with E-state index in [0.29, 0.717) is 5.56 Å². The Hall–Kier alpha value is -1.64. The van der Waals surface area contributed by atoms with E-state index in [4.69, 9.17) is 4.74 Å². The first-order valence-corrected chi connectivity index (χ1v) is 6.24. The van der Waals surface area contributed by atoms with Crippen LogP contribution in [0.15, 0.2) is 12.1 Å². The molecule has 1 aromatic carbocycles. The minimum atomic E-state index is -0.0739. The monoisotopic (exact) mass is 246 g/mol. The van der Waals surface area contributed by atoms with Gasteiger partial charge < -0.3 is 4.74 Å². The van der Waals surface area contributed by atoms with Crippen LogP contribution in [0.25, 0.3) is 0 Å². The summed E-state index contributed by atoms with van der Waals surface area (Å²) in [5.41, 5.74) is 2.43. The number of ether oxygens (including phenoxy) is 1. The summed E-state index contributed by atoms with van der Waals surface area (Å²) in [5, 5.41) is 0. The molecule has 2 rings (SSSR count). The van der Waals surface area contributed by atoms with Crippen LogP contribution in [0.4, 0.5) is 0 Å². The van der Waals surface area contributed by atoms with Gasteiger partial charge in [-0.05, 0) is 49.9 Å². The number of ketones is 2. The number of carbonyl (C=O) groups excluding carboxylic acids is 2. The standard InChI is InChI=1S/C15H18O3/c1-9-7-15(18-3)10(2)6-12(9)14(17)8-13(16)11-4-5-11/h6-7,11H,4-5,8H2,1-3H3. The van der Waals surface area contributed by atoms with Crippen molar-refractivity contribution in [2.45, 2.75) is 33.1 Å². The van der Waals surface area contributed by atoms with Gasteiger partial charge >= 0.3 is 0 Å². The predicted octanol–water partition coefficient (Wildman–Crippen LogP) is 2.86. The van der Waals surface area contributed by atoms with Crippen LogP contribution >= 0.6 is 0 Å². The highest BCUT2D eigenvalue weighted by atomic mass is 16.5. The number of methoxy groups -OCH3 is 1. The maximum Gasteiger partial charge on any atom is 0.170 e. The second kappa shape index (κ2) is 4.92. The van der Waals surface area contributed by atoms with Crippen LogP contribution in [0.1, 0.15) is 40.7 Å². The molecule has 0 bridgehead atoms. The molecule has 1 aromatic rings. The van der Waals surface area contributed by atoms with Gasteiger partial charge in [-0.1, -0.05) is 0 Å².